The van der Waals surface area contributed by atoms with E-state index in [1.54, 1.807) is 0 Å². The van der Waals surface area contributed by atoms with Gasteiger partial charge in [0.2, 0.25) is 5.91 Å². The fourth-order valence-electron chi connectivity index (χ4n) is 1.93. The number of carbonyl (C=O) groups is 1. The first kappa shape index (κ1) is 16.5. The Labute approximate surface area is 121 Å². The quantitative estimate of drug-likeness (QED) is 0.494. The Morgan fingerprint density at radius 3 is 2.55 bits per heavy atom. The number of ether oxygens (including phenoxy) is 1. The summed E-state index contributed by atoms with van der Waals surface area (Å²) in [6.07, 6.45) is 0.992. The van der Waals surface area contributed by atoms with Crippen molar-refractivity contribution in [2.45, 2.75) is 59.0 Å². The lowest BCUT2D eigenvalue weighted by Gasteiger charge is -2.22. The van der Waals surface area contributed by atoms with Crippen molar-refractivity contribution < 1.29 is 9.53 Å². The molecule has 4 heteroatoms. The first-order chi connectivity index (χ1) is 9.24. The molecule has 112 valence electrons. The number of rotatable bonds is 5. The first-order valence-corrected chi connectivity index (χ1v) is 7.01. The summed E-state index contributed by atoms with van der Waals surface area (Å²) in [5.74, 6) is 5.76. The van der Waals surface area contributed by atoms with Crippen molar-refractivity contribution >= 4 is 5.91 Å². The molecule has 3 N–H and O–H groups in total. The molecule has 4 nitrogen and oxygen atoms in total. The van der Waals surface area contributed by atoms with Crippen molar-refractivity contribution in [3.63, 3.8) is 0 Å². The standard InChI is InChI=1S/C16H26N2O2/c1-11-10-13(16(3,4)5)7-8-14(11)20-12(2)6-9-15(19)18-17/h7-8,10,12H,6,9,17H2,1-5H3,(H,18,19). The number of benzene rings is 1. The monoisotopic (exact) mass is 278 g/mol. The third kappa shape index (κ3) is 4.85. The Morgan fingerprint density at radius 2 is 2.05 bits per heavy atom. The highest BCUT2D eigenvalue weighted by atomic mass is 16.5. The number of amides is 1. The maximum Gasteiger partial charge on any atom is 0.234 e. The number of nitrogens with one attached hydrogen (secondary N) is 1. The van der Waals surface area contributed by atoms with Crippen LogP contribution in [0.15, 0.2) is 18.2 Å². The van der Waals surface area contributed by atoms with E-state index in [0.717, 1.165) is 11.3 Å². The van der Waals surface area contributed by atoms with Gasteiger partial charge in [-0.25, -0.2) is 5.84 Å². The smallest absolute Gasteiger partial charge is 0.234 e. The Balaban J connectivity index is 2.67. The summed E-state index contributed by atoms with van der Waals surface area (Å²) in [5.41, 5.74) is 4.67. The van der Waals surface area contributed by atoms with Crippen molar-refractivity contribution in [1.29, 1.82) is 0 Å². The van der Waals surface area contributed by atoms with Gasteiger partial charge in [-0.2, -0.15) is 0 Å². The number of nitrogens with two attached hydrogens (primary N) is 1. The van der Waals surface area contributed by atoms with Gasteiger partial charge in [0.15, 0.2) is 0 Å². The molecule has 0 bridgehead atoms. The molecule has 1 atom stereocenters. The molecule has 1 aromatic rings. The zero-order chi connectivity index (χ0) is 15.3. The Kier molecular flexibility index (Phi) is 5.57. The van der Waals surface area contributed by atoms with Crippen LogP contribution < -0.4 is 16.0 Å². The van der Waals surface area contributed by atoms with Gasteiger partial charge in [0.05, 0.1) is 6.10 Å². The van der Waals surface area contributed by atoms with E-state index in [4.69, 9.17) is 10.6 Å². The molecule has 1 unspecified atom stereocenters. The topological polar surface area (TPSA) is 64.3 Å². The van der Waals surface area contributed by atoms with E-state index in [1.807, 2.05) is 19.9 Å². The molecule has 0 spiro atoms. The molecule has 0 aliphatic heterocycles. The SMILES string of the molecule is Cc1cc(C(C)(C)C)ccc1OC(C)CCC(=O)NN. The zero-order valence-corrected chi connectivity index (χ0v) is 13.1. The normalized spacial score (nSPS) is 12.9. The van der Waals surface area contributed by atoms with Gasteiger partial charge in [-0.1, -0.05) is 32.9 Å². The van der Waals surface area contributed by atoms with Crippen LogP contribution in [0.5, 0.6) is 5.75 Å². The molecule has 1 aromatic carbocycles. The molecule has 0 heterocycles. The van der Waals surface area contributed by atoms with Gasteiger partial charge in [-0.3, -0.25) is 10.2 Å². The fraction of sp³-hybridized carbons (Fsp3) is 0.562. The molecule has 0 fully saturated rings. The summed E-state index contributed by atoms with van der Waals surface area (Å²) in [4.78, 5) is 11.1. The van der Waals surface area contributed by atoms with E-state index in [-0.39, 0.29) is 17.4 Å². The van der Waals surface area contributed by atoms with Crippen molar-refractivity contribution in [2.75, 3.05) is 0 Å². The van der Waals surface area contributed by atoms with Crippen molar-refractivity contribution in [3.8, 4) is 5.75 Å². The second-order valence-electron chi connectivity index (χ2n) is 6.26. The van der Waals surface area contributed by atoms with Gasteiger partial charge in [-0.05, 0) is 42.9 Å². The van der Waals surface area contributed by atoms with Gasteiger partial charge in [0.25, 0.3) is 0 Å². The van der Waals surface area contributed by atoms with Crippen LogP contribution in [0.3, 0.4) is 0 Å². The minimum atomic E-state index is -0.166. The molecule has 1 rings (SSSR count). The van der Waals surface area contributed by atoms with Crippen LogP contribution in [0.2, 0.25) is 0 Å². The molecular formula is C16H26N2O2. The number of carbonyl (C=O) groups excluding carboxylic acids is 1. The van der Waals surface area contributed by atoms with Gasteiger partial charge in [-0.15, -0.1) is 0 Å². The van der Waals surface area contributed by atoms with Crippen molar-refractivity contribution in [1.82, 2.24) is 5.43 Å². The van der Waals surface area contributed by atoms with Crippen LogP contribution in [-0.4, -0.2) is 12.0 Å². The van der Waals surface area contributed by atoms with Crippen LogP contribution >= 0.6 is 0 Å². The highest BCUT2D eigenvalue weighted by Crippen LogP contribution is 2.28. The average molecular weight is 278 g/mol. The molecule has 20 heavy (non-hydrogen) atoms. The molecule has 0 aromatic heterocycles. The molecule has 0 radical (unpaired) electrons. The molecule has 0 saturated heterocycles. The molecular weight excluding hydrogens is 252 g/mol. The van der Waals surface area contributed by atoms with E-state index in [0.29, 0.717) is 12.8 Å². The Bertz CT molecular complexity index is 464. The van der Waals surface area contributed by atoms with Gasteiger partial charge in [0.1, 0.15) is 5.75 Å². The maximum absolute atomic E-state index is 11.1. The third-order valence-electron chi connectivity index (χ3n) is 3.31. The summed E-state index contributed by atoms with van der Waals surface area (Å²) < 4.78 is 5.89. The molecule has 0 saturated carbocycles. The maximum atomic E-state index is 11.1. The third-order valence-corrected chi connectivity index (χ3v) is 3.31. The lowest BCUT2D eigenvalue weighted by Crippen LogP contribution is -2.30. The highest BCUT2D eigenvalue weighted by molar-refractivity contribution is 5.75. The van der Waals surface area contributed by atoms with E-state index < -0.39 is 0 Å². The average Bonchev–Trinajstić information content (AvgIpc) is 2.37. The van der Waals surface area contributed by atoms with Crippen molar-refractivity contribution in [2.24, 2.45) is 5.84 Å². The Morgan fingerprint density at radius 1 is 1.40 bits per heavy atom. The van der Waals surface area contributed by atoms with E-state index in [2.05, 4.69) is 38.3 Å². The van der Waals surface area contributed by atoms with Crippen molar-refractivity contribution in [3.05, 3.63) is 29.3 Å². The fourth-order valence-corrected chi connectivity index (χ4v) is 1.93. The van der Waals surface area contributed by atoms with Crippen LogP contribution in [0.4, 0.5) is 0 Å². The predicted octanol–water partition coefficient (Wildman–Crippen LogP) is 2.83. The zero-order valence-electron chi connectivity index (χ0n) is 13.1. The van der Waals surface area contributed by atoms with E-state index in [1.165, 1.54) is 5.56 Å². The summed E-state index contributed by atoms with van der Waals surface area (Å²) in [7, 11) is 0. The van der Waals surface area contributed by atoms with Crippen LogP contribution in [0.25, 0.3) is 0 Å². The van der Waals surface area contributed by atoms with Gasteiger partial charge in [0, 0.05) is 6.42 Å². The minimum absolute atomic E-state index is 0.0218. The molecule has 0 aliphatic rings. The van der Waals surface area contributed by atoms with Crippen LogP contribution in [0.1, 0.15) is 51.7 Å². The molecule has 0 aliphatic carbocycles. The van der Waals surface area contributed by atoms with E-state index >= 15 is 0 Å². The largest absolute Gasteiger partial charge is 0.490 e. The second-order valence-corrected chi connectivity index (χ2v) is 6.26. The first-order valence-electron chi connectivity index (χ1n) is 7.01. The highest BCUT2D eigenvalue weighted by Gasteiger charge is 2.15. The van der Waals surface area contributed by atoms with Gasteiger partial charge >= 0.3 is 0 Å². The summed E-state index contributed by atoms with van der Waals surface area (Å²) in [6.45, 7) is 10.6. The van der Waals surface area contributed by atoms with Crippen LogP contribution in [0, 0.1) is 6.92 Å². The lowest BCUT2D eigenvalue weighted by molar-refractivity contribution is -0.121. The Hall–Kier alpha value is -1.55. The number of aryl methyl sites for hydroxylation is 1. The number of hydrazine groups is 1. The van der Waals surface area contributed by atoms with Gasteiger partial charge < -0.3 is 4.74 Å². The second kappa shape index (κ2) is 6.75. The lowest BCUT2D eigenvalue weighted by atomic mass is 9.86. The number of hydrogen-bond acceptors (Lipinski definition) is 3. The summed E-state index contributed by atoms with van der Waals surface area (Å²) in [6, 6.07) is 6.27. The number of hydrogen-bond donors (Lipinski definition) is 2. The minimum Gasteiger partial charge on any atom is -0.490 e. The molecule has 1 amide bonds. The predicted molar refractivity (Wildman–Crippen MR) is 81.5 cm³/mol. The van der Waals surface area contributed by atoms with E-state index in [9.17, 15) is 4.79 Å². The summed E-state index contributed by atoms with van der Waals surface area (Å²) in [5, 5.41) is 0. The summed E-state index contributed by atoms with van der Waals surface area (Å²) >= 11 is 0. The van der Waals surface area contributed by atoms with Crippen LogP contribution in [-0.2, 0) is 10.2 Å².